The smallest absolute Gasteiger partial charge is 0.0772 e. The molecular formula is C13H17IOS. The lowest BCUT2D eigenvalue weighted by atomic mass is 10.2. The van der Waals surface area contributed by atoms with Crippen LogP contribution in [-0.2, 0) is 10.8 Å². The third-order valence-electron chi connectivity index (χ3n) is 2.23. The highest BCUT2D eigenvalue weighted by atomic mass is 127. The number of hydrogen-bond acceptors (Lipinski definition) is 1. The van der Waals surface area contributed by atoms with E-state index in [1.54, 1.807) is 5.41 Å². The predicted molar refractivity (Wildman–Crippen MR) is 79.5 cm³/mol. The molecule has 3 heteroatoms. The Morgan fingerprint density at radius 2 is 1.94 bits per heavy atom. The van der Waals surface area contributed by atoms with Gasteiger partial charge in [0.15, 0.2) is 0 Å². The van der Waals surface area contributed by atoms with E-state index in [9.17, 15) is 4.21 Å². The van der Waals surface area contributed by atoms with Gasteiger partial charge in [0.1, 0.15) is 0 Å². The number of halogens is 1. The average Bonchev–Trinajstić information content (AvgIpc) is 2.29. The van der Waals surface area contributed by atoms with Crippen LogP contribution in [0.2, 0.25) is 0 Å². The van der Waals surface area contributed by atoms with E-state index >= 15 is 0 Å². The first-order valence-corrected chi connectivity index (χ1v) is 8.18. The van der Waals surface area contributed by atoms with Crippen molar-refractivity contribution in [2.45, 2.75) is 31.1 Å². The van der Waals surface area contributed by atoms with E-state index in [1.165, 1.54) is 22.8 Å². The molecule has 0 radical (unpaired) electrons. The van der Waals surface area contributed by atoms with Gasteiger partial charge in [0.2, 0.25) is 0 Å². The highest BCUT2D eigenvalue weighted by Crippen LogP contribution is 2.10. The van der Waals surface area contributed by atoms with Crippen molar-refractivity contribution in [3.63, 3.8) is 0 Å². The molecule has 0 fully saturated rings. The molecule has 0 N–H and O–H groups in total. The Labute approximate surface area is 114 Å². The fourth-order valence-electron chi connectivity index (χ4n) is 1.26. The van der Waals surface area contributed by atoms with Crippen molar-refractivity contribution in [3.8, 4) is 0 Å². The molecule has 16 heavy (non-hydrogen) atoms. The maximum absolute atomic E-state index is 11.8. The Morgan fingerprint density at radius 3 is 2.56 bits per heavy atom. The van der Waals surface area contributed by atoms with Crippen molar-refractivity contribution < 1.29 is 4.21 Å². The third-order valence-corrected chi connectivity index (χ3v) is 4.17. The van der Waals surface area contributed by atoms with E-state index in [2.05, 4.69) is 22.6 Å². The third kappa shape index (κ3) is 5.25. The molecule has 1 aromatic carbocycles. The van der Waals surface area contributed by atoms with Crippen molar-refractivity contribution in [2.24, 2.45) is 0 Å². The van der Waals surface area contributed by atoms with Gasteiger partial charge < -0.3 is 0 Å². The molecule has 0 aliphatic carbocycles. The van der Waals surface area contributed by atoms with E-state index in [-0.39, 0.29) is 0 Å². The number of aryl methyl sites for hydroxylation is 1. The van der Waals surface area contributed by atoms with Gasteiger partial charge in [-0.15, -0.1) is 0 Å². The van der Waals surface area contributed by atoms with Crippen LogP contribution in [0.15, 0.2) is 40.6 Å². The van der Waals surface area contributed by atoms with Crippen molar-refractivity contribution >= 4 is 33.4 Å². The summed E-state index contributed by atoms with van der Waals surface area (Å²) in [6, 6.07) is 7.86. The standard InChI is InChI=1S/C13H17IOS/c1-12-6-8-13(9-7-12)16(15)11-5-3-2-4-10-14/h5-9,11H,2-4,10H2,1H3/b11-5+. The summed E-state index contributed by atoms with van der Waals surface area (Å²) in [5.74, 6) is 0. The minimum absolute atomic E-state index is 0.885. The molecule has 0 bridgehead atoms. The molecule has 0 aliphatic heterocycles. The lowest BCUT2D eigenvalue weighted by Crippen LogP contribution is -1.86. The minimum Gasteiger partial charge on any atom is -0.250 e. The van der Waals surface area contributed by atoms with E-state index in [0.717, 1.165) is 11.3 Å². The van der Waals surface area contributed by atoms with Crippen LogP contribution in [0.4, 0.5) is 0 Å². The fourth-order valence-corrected chi connectivity index (χ4v) is 2.67. The number of hydrogen-bond donors (Lipinski definition) is 0. The highest BCUT2D eigenvalue weighted by Gasteiger charge is 1.97. The first-order chi connectivity index (χ1) is 7.74. The number of unbranched alkanes of at least 4 members (excludes halogenated alkanes) is 2. The Balaban J connectivity index is 2.43. The highest BCUT2D eigenvalue weighted by molar-refractivity contribution is 14.1. The van der Waals surface area contributed by atoms with Gasteiger partial charge in [-0.2, -0.15) is 0 Å². The molecule has 1 aromatic rings. The van der Waals surface area contributed by atoms with Crippen LogP contribution in [-0.4, -0.2) is 8.64 Å². The second kappa shape index (κ2) is 8.01. The van der Waals surface area contributed by atoms with Crippen LogP contribution in [0.1, 0.15) is 24.8 Å². The maximum Gasteiger partial charge on any atom is 0.0772 e. The second-order valence-electron chi connectivity index (χ2n) is 3.67. The summed E-state index contributed by atoms with van der Waals surface area (Å²) >= 11 is 2.38. The van der Waals surface area contributed by atoms with Crippen LogP contribution in [0.3, 0.4) is 0 Å². The van der Waals surface area contributed by atoms with Crippen molar-refractivity contribution in [1.29, 1.82) is 0 Å². The summed E-state index contributed by atoms with van der Waals surface area (Å²) in [6.45, 7) is 2.03. The van der Waals surface area contributed by atoms with Crippen LogP contribution < -0.4 is 0 Å². The molecule has 0 aromatic heterocycles. The zero-order valence-corrected chi connectivity index (χ0v) is 12.5. The second-order valence-corrected chi connectivity index (χ2v) is 6.08. The van der Waals surface area contributed by atoms with Gasteiger partial charge in [0.05, 0.1) is 10.8 Å². The van der Waals surface area contributed by atoms with Gasteiger partial charge in [-0.1, -0.05) is 46.4 Å². The molecule has 1 unspecified atom stereocenters. The van der Waals surface area contributed by atoms with Crippen LogP contribution >= 0.6 is 22.6 Å². The zero-order valence-electron chi connectivity index (χ0n) is 9.49. The van der Waals surface area contributed by atoms with E-state index in [0.29, 0.717) is 0 Å². The summed E-state index contributed by atoms with van der Waals surface area (Å²) in [4.78, 5) is 0.885. The summed E-state index contributed by atoms with van der Waals surface area (Å²) in [7, 11) is -0.980. The number of benzene rings is 1. The van der Waals surface area contributed by atoms with E-state index in [4.69, 9.17) is 0 Å². The number of alkyl halides is 1. The van der Waals surface area contributed by atoms with E-state index < -0.39 is 10.8 Å². The molecule has 1 atom stereocenters. The van der Waals surface area contributed by atoms with E-state index in [1.807, 2.05) is 37.3 Å². The lowest BCUT2D eigenvalue weighted by Gasteiger charge is -1.97. The molecule has 0 heterocycles. The van der Waals surface area contributed by atoms with Crippen molar-refractivity contribution in [1.82, 2.24) is 0 Å². The fraction of sp³-hybridized carbons (Fsp3) is 0.385. The molecule has 0 amide bonds. The Morgan fingerprint density at radius 1 is 1.25 bits per heavy atom. The lowest BCUT2D eigenvalue weighted by molar-refractivity contribution is 0.688. The van der Waals surface area contributed by atoms with Gasteiger partial charge in [-0.25, -0.2) is 4.21 Å². The minimum atomic E-state index is -0.980. The van der Waals surface area contributed by atoms with Crippen LogP contribution in [0, 0.1) is 6.92 Å². The van der Waals surface area contributed by atoms with Gasteiger partial charge in [-0.3, -0.25) is 0 Å². The summed E-state index contributed by atoms with van der Waals surface area (Å²) in [5.41, 5.74) is 1.20. The molecular weight excluding hydrogens is 331 g/mol. The average molecular weight is 348 g/mol. The Kier molecular flexibility index (Phi) is 6.96. The van der Waals surface area contributed by atoms with Gasteiger partial charge in [0.25, 0.3) is 0 Å². The Hall–Kier alpha value is -0.160. The van der Waals surface area contributed by atoms with Gasteiger partial charge in [-0.05, 0) is 42.7 Å². The maximum atomic E-state index is 11.8. The molecule has 88 valence electrons. The van der Waals surface area contributed by atoms with Gasteiger partial charge >= 0.3 is 0 Å². The van der Waals surface area contributed by atoms with Crippen LogP contribution in [0.25, 0.3) is 0 Å². The normalized spacial score (nSPS) is 13.1. The predicted octanol–water partition coefficient (Wildman–Crippen LogP) is 4.22. The number of allylic oxidation sites excluding steroid dienone is 1. The monoisotopic (exact) mass is 348 g/mol. The summed E-state index contributed by atoms with van der Waals surface area (Å²) in [5, 5.41) is 1.80. The van der Waals surface area contributed by atoms with Crippen molar-refractivity contribution in [3.05, 3.63) is 41.3 Å². The summed E-state index contributed by atoms with van der Waals surface area (Å²) < 4.78 is 13.0. The molecule has 1 rings (SSSR count). The molecule has 0 saturated heterocycles. The van der Waals surface area contributed by atoms with Crippen LogP contribution in [0.5, 0.6) is 0 Å². The molecule has 1 nitrogen and oxygen atoms in total. The quantitative estimate of drug-likeness (QED) is 0.427. The largest absolute Gasteiger partial charge is 0.250 e. The first kappa shape index (κ1) is 13.9. The molecule has 0 saturated carbocycles. The topological polar surface area (TPSA) is 17.1 Å². The first-order valence-electron chi connectivity index (χ1n) is 5.44. The van der Waals surface area contributed by atoms with Crippen molar-refractivity contribution in [2.75, 3.05) is 4.43 Å². The SMILES string of the molecule is Cc1ccc(S(=O)/C=C/CCCCI)cc1. The zero-order chi connectivity index (χ0) is 11.8. The van der Waals surface area contributed by atoms with Gasteiger partial charge in [0, 0.05) is 10.3 Å². The summed E-state index contributed by atoms with van der Waals surface area (Å²) in [6.07, 6.45) is 5.48. The molecule has 0 spiro atoms. The molecule has 0 aliphatic rings. The number of rotatable bonds is 6. The Bertz CT molecular complexity index is 357.